The molecule has 196 valence electrons. The van der Waals surface area contributed by atoms with E-state index in [9.17, 15) is 31.1 Å². The van der Waals surface area contributed by atoms with Gasteiger partial charge in [0, 0.05) is 35.2 Å². The lowest BCUT2D eigenvalue weighted by Gasteiger charge is -2.12. The molecule has 2 heterocycles. The van der Waals surface area contributed by atoms with Gasteiger partial charge in [-0.05, 0) is 18.2 Å². The average molecular weight is 533 g/mol. The summed E-state index contributed by atoms with van der Waals surface area (Å²) in [5.74, 6) is -1.77. The lowest BCUT2D eigenvalue weighted by atomic mass is 10.1. The predicted molar refractivity (Wildman–Crippen MR) is 125 cm³/mol. The number of carbonyl (C=O) groups excluding carboxylic acids is 1. The second kappa shape index (κ2) is 10.00. The molecule has 13 heteroatoms. The highest BCUT2D eigenvalue weighted by atomic mass is 19.4. The molecule has 2 aromatic heterocycles. The van der Waals surface area contributed by atoms with Gasteiger partial charge in [0.2, 0.25) is 5.88 Å². The highest BCUT2D eigenvalue weighted by Gasteiger charge is 2.37. The van der Waals surface area contributed by atoms with Gasteiger partial charge in [0.1, 0.15) is 0 Å². The van der Waals surface area contributed by atoms with Crippen LogP contribution in [0.25, 0.3) is 34.5 Å². The molecule has 4 rings (SSSR count). The molecule has 0 aliphatic carbocycles. The molecule has 0 aliphatic rings. The highest BCUT2D eigenvalue weighted by Crippen LogP contribution is 2.39. The molecule has 0 saturated heterocycles. The van der Waals surface area contributed by atoms with Crippen LogP contribution >= 0.6 is 0 Å². The minimum atomic E-state index is -4.83. The summed E-state index contributed by atoms with van der Waals surface area (Å²) in [6, 6.07) is 11.5. The van der Waals surface area contributed by atoms with Crippen molar-refractivity contribution in [2.45, 2.75) is 12.4 Å². The fourth-order valence-electron chi connectivity index (χ4n) is 3.62. The summed E-state index contributed by atoms with van der Waals surface area (Å²) in [4.78, 5) is 20.3. The summed E-state index contributed by atoms with van der Waals surface area (Å²) in [6.07, 6.45) is -7.40. The van der Waals surface area contributed by atoms with Gasteiger partial charge in [-0.3, -0.25) is 4.79 Å². The Balaban J connectivity index is 2.00. The van der Waals surface area contributed by atoms with Crippen LogP contribution in [0, 0.1) is 0 Å². The van der Waals surface area contributed by atoms with Gasteiger partial charge in [0.25, 0.3) is 5.91 Å². The zero-order valence-electron chi connectivity index (χ0n) is 19.4. The van der Waals surface area contributed by atoms with Crippen LogP contribution in [0.2, 0.25) is 0 Å². The van der Waals surface area contributed by atoms with E-state index in [2.05, 4.69) is 15.1 Å². The zero-order chi connectivity index (χ0) is 27.7. The first-order valence-corrected chi connectivity index (χ1v) is 10.7. The Morgan fingerprint density at radius 1 is 0.895 bits per heavy atom. The maximum Gasteiger partial charge on any atom is 0.417 e. The summed E-state index contributed by atoms with van der Waals surface area (Å²) < 4.78 is 88.3. The number of primary amides is 1. The van der Waals surface area contributed by atoms with Gasteiger partial charge in [0.05, 0.1) is 23.8 Å². The van der Waals surface area contributed by atoms with Crippen LogP contribution in [0.3, 0.4) is 0 Å². The number of hydrogen-bond acceptors (Lipinski definition) is 5. The summed E-state index contributed by atoms with van der Waals surface area (Å²) in [5.41, 5.74) is 2.29. The van der Waals surface area contributed by atoms with Gasteiger partial charge in [-0.1, -0.05) is 36.4 Å². The van der Waals surface area contributed by atoms with Crippen molar-refractivity contribution >= 4 is 17.7 Å². The largest absolute Gasteiger partial charge is 0.481 e. The van der Waals surface area contributed by atoms with Gasteiger partial charge < -0.3 is 10.5 Å². The fraction of sp³-hybridized carbons (Fsp3) is 0.120. The smallest absolute Gasteiger partial charge is 0.417 e. The minimum absolute atomic E-state index is 0.154. The molecule has 0 bridgehead atoms. The molecule has 0 atom stereocenters. The Morgan fingerprint density at radius 3 is 2.00 bits per heavy atom. The Hall–Kier alpha value is -4.68. The van der Waals surface area contributed by atoms with Gasteiger partial charge in [-0.25, -0.2) is 14.6 Å². The van der Waals surface area contributed by atoms with E-state index >= 15 is 0 Å². The topological polar surface area (TPSA) is 95.9 Å². The van der Waals surface area contributed by atoms with E-state index in [0.717, 1.165) is 47.3 Å². The van der Waals surface area contributed by atoms with Crippen LogP contribution in [-0.2, 0) is 17.1 Å². The monoisotopic (exact) mass is 533 g/mol. The second-order valence-electron chi connectivity index (χ2n) is 7.79. The Bertz CT molecular complexity index is 1510. The van der Waals surface area contributed by atoms with Crippen molar-refractivity contribution in [3.8, 4) is 28.7 Å². The molecular weight excluding hydrogens is 516 g/mol. The number of nitrogens with two attached hydrogens (primary N) is 1. The number of nitrogens with zero attached hydrogens (tertiary/aromatic N) is 4. The number of alkyl halides is 6. The number of rotatable bonds is 6. The van der Waals surface area contributed by atoms with E-state index in [-0.39, 0.29) is 17.0 Å². The van der Waals surface area contributed by atoms with Crippen LogP contribution in [0.1, 0.15) is 16.7 Å². The van der Waals surface area contributed by atoms with Crippen LogP contribution in [-0.4, -0.2) is 32.8 Å². The van der Waals surface area contributed by atoms with E-state index in [1.807, 2.05) is 0 Å². The zero-order valence-corrected chi connectivity index (χ0v) is 19.4. The van der Waals surface area contributed by atoms with Crippen LogP contribution in [0.4, 0.5) is 26.3 Å². The summed E-state index contributed by atoms with van der Waals surface area (Å²) in [6.45, 7) is 0. The Morgan fingerprint density at radius 2 is 1.47 bits per heavy atom. The van der Waals surface area contributed by atoms with E-state index in [1.54, 1.807) is 0 Å². The number of hydrogen-bond donors (Lipinski definition) is 1. The van der Waals surface area contributed by atoms with E-state index in [1.165, 1.54) is 37.6 Å². The van der Waals surface area contributed by atoms with Gasteiger partial charge in [-0.15, -0.1) is 5.10 Å². The number of carbonyl (C=O) groups is 1. The lowest BCUT2D eigenvalue weighted by molar-refractivity contribution is -0.137. The molecule has 0 unspecified atom stereocenters. The number of pyridine rings is 1. The number of methoxy groups -OCH3 is 1. The molecule has 0 saturated carbocycles. The molecular formula is C25H17F6N5O2. The van der Waals surface area contributed by atoms with Crippen molar-refractivity contribution in [3.63, 3.8) is 0 Å². The first-order valence-electron chi connectivity index (χ1n) is 10.7. The van der Waals surface area contributed by atoms with Gasteiger partial charge >= 0.3 is 12.4 Å². The number of amides is 1. The number of benzene rings is 2. The molecule has 0 spiro atoms. The molecule has 4 aromatic rings. The number of aromatic nitrogens is 4. The second-order valence-corrected chi connectivity index (χ2v) is 7.79. The quantitative estimate of drug-likeness (QED) is 0.260. The first kappa shape index (κ1) is 26.4. The van der Waals surface area contributed by atoms with Crippen LogP contribution in [0.5, 0.6) is 5.88 Å². The summed E-state index contributed by atoms with van der Waals surface area (Å²) in [5, 5.41) is 4.04. The molecule has 0 aliphatic heterocycles. The lowest BCUT2D eigenvalue weighted by Crippen LogP contribution is -2.14. The van der Waals surface area contributed by atoms with Gasteiger partial charge in [0.15, 0.2) is 11.6 Å². The molecule has 0 radical (unpaired) electrons. The predicted octanol–water partition coefficient (Wildman–Crippen LogP) is 5.54. The SMILES string of the molecule is COc1ccc(C(=Cn2nc(-c3ccccc3C(F)(F)F)nc2-c2ccccc2C(F)(F)F)C(N)=O)cn1. The van der Waals surface area contributed by atoms with Gasteiger partial charge in [-0.2, -0.15) is 26.3 Å². The molecule has 1 amide bonds. The number of halogens is 6. The molecule has 38 heavy (non-hydrogen) atoms. The van der Waals surface area contributed by atoms with Crippen LogP contribution in [0.15, 0.2) is 66.9 Å². The van der Waals surface area contributed by atoms with E-state index < -0.39 is 52.2 Å². The normalized spacial score (nSPS) is 12.4. The third kappa shape index (κ3) is 5.36. The number of ether oxygens (including phenoxy) is 1. The van der Waals surface area contributed by atoms with E-state index in [4.69, 9.17) is 10.5 Å². The fourth-order valence-corrected chi connectivity index (χ4v) is 3.62. The van der Waals surface area contributed by atoms with E-state index in [0.29, 0.717) is 0 Å². The average Bonchev–Trinajstić information content (AvgIpc) is 3.30. The van der Waals surface area contributed by atoms with Crippen molar-refractivity contribution < 1.29 is 35.9 Å². The maximum atomic E-state index is 13.8. The van der Waals surface area contributed by atoms with Crippen molar-refractivity contribution in [3.05, 3.63) is 83.6 Å². The molecule has 0 fully saturated rings. The van der Waals surface area contributed by atoms with Crippen molar-refractivity contribution in [2.75, 3.05) is 7.11 Å². The van der Waals surface area contributed by atoms with Crippen LogP contribution < -0.4 is 10.5 Å². The maximum absolute atomic E-state index is 13.8. The molecule has 7 nitrogen and oxygen atoms in total. The van der Waals surface area contributed by atoms with Crippen molar-refractivity contribution in [1.29, 1.82) is 0 Å². The Kier molecular flexibility index (Phi) is 6.94. The highest BCUT2D eigenvalue weighted by molar-refractivity contribution is 6.22. The molecule has 2 N–H and O–H groups in total. The minimum Gasteiger partial charge on any atom is -0.481 e. The Labute approximate surface area is 211 Å². The first-order chi connectivity index (χ1) is 17.9. The summed E-state index contributed by atoms with van der Waals surface area (Å²) in [7, 11) is 1.37. The third-order valence-corrected chi connectivity index (χ3v) is 5.35. The molecule has 2 aromatic carbocycles. The van der Waals surface area contributed by atoms with Crippen molar-refractivity contribution in [2.24, 2.45) is 5.73 Å². The van der Waals surface area contributed by atoms with Crippen molar-refractivity contribution in [1.82, 2.24) is 19.7 Å². The summed E-state index contributed by atoms with van der Waals surface area (Å²) >= 11 is 0. The standard InChI is InChI=1S/C25H17F6N5O2/c1-38-20-11-10-14(12-33-20)17(21(32)37)13-36-23(16-7-3-5-9-19(16)25(29,30)31)34-22(35-36)15-6-2-4-8-18(15)24(26,27)28/h2-13H,1H3,(H2,32,37). The third-order valence-electron chi connectivity index (χ3n) is 5.35.